The van der Waals surface area contributed by atoms with Crippen LogP contribution in [0.1, 0.15) is 147 Å². The van der Waals surface area contributed by atoms with Crippen LogP contribution in [0.15, 0.2) is 109 Å². The smallest absolute Gasteiger partial charge is 0.261 e. The summed E-state index contributed by atoms with van der Waals surface area (Å²) in [5.41, 5.74) is 6.04. The molecule has 0 aliphatic carbocycles. The number of hydrogen-bond donors (Lipinski definition) is 0. The first-order valence-electron chi connectivity index (χ1n) is 18.5. The summed E-state index contributed by atoms with van der Waals surface area (Å²) in [4.78, 5) is 8.50. The number of rotatable bonds is 0. The van der Waals surface area contributed by atoms with Crippen LogP contribution in [-0.2, 0) is 21.7 Å². The Morgan fingerprint density at radius 2 is 0.519 bits per heavy atom. The normalized spacial score (nSPS) is 11.0. The lowest BCUT2D eigenvalue weighted by Gasteiger charge is -2.18. The molecule has 2 heterocycles. The molecule has 2 aromatic carbocycles. The summed E-state index contributed by atoms with van der Waals surface area (Å²) in [7, 11) is 0. The monoisotopic (exact) mass is 767 g/mol. The minimum atomic E-state index is -4.00. The molecule has 4 rings (SSSR count). The first kappa shape index (κ1) is 57.0. The van der Waals surface area contributed by atoms with E-state index in [0.717, 1.165) is 11.4 Å². The van der Waals surface area contributed by atoms with Gasteiger partial charge >= 0.3 is 12.4 Å². The lowest BCUT2D eigenvalue weighted by Crippen LogP contribution is -2.12. The van der Waals surface area contributed by atoms with Crippen LogP contribution in [0.3, 0.4) is 0 Å². The maximum absolute atomic E-state index is 10.4. The summed E-state index contributed by atoms with van der Waals surface area (Å²) >= 11 is 0. The van der Waals surface area contributed by atoms with E-state index in [1.807, 2.05) is 64.4 Å². The van der Waals surface area contributed by atoms with E-state index < -0.39 is 12.4 Å². The van der Waals surface area contributed by atoms with Crippen molar-refractivity contribution in [2.75, 3.05) is 0 Å². The van der Waals surface area contributed by atoms with Crippen molar-refractivity contribution in [2.24, 2.45) is 0 Å². The number of benzene rings is 2. The van der Waals surface area contributed by atoms with E-state index in [9.17, 15) is 26.3 Å². The van der Waals surface area contributed by atoms with E-state index in [0.29, 0.717) is 10.8 Å². The third-order valence-corrected chi connectivity index (χ3v) is 6.15. The fourth-order valence-corrected chi connectivity index (χ4v) is 3.49. The second-order valence-corrected chi connectivity index (χ2v) is 15.7. The van der Waals surface area contributed by atoms with E-state index in [1.165, 1.54) is 11.1 Å². The molecular formula is C46H72F6N2. The summed E-state index contributed by atoms with van der Waals surface area (Å²) in [6.07, 6.45) is -4.33. The van der Waals surface area contributed by atoms with E-state index in [4.69, 9.17) is 0 Å². The molecule has 0 aliphatic heterocycles. The fraction of sp³-hybridized carbons (Fsp3) is 0.522. The predicted octanol–water partition coefficient (Wildman–Crippen LogP) is 15.9. The molecule has 0 saturated carbocycles. The zero-order chi connectivity index (χ0) is 43.5. The van der Waals surface area contributed by atoms with Gasteiger partial charge in [0.25, 0.3) is 0 Å². The van der Waals surface area contributed by atoms with E-state index in [2.05, 4.69) is 166 Å². The highest BCUT2D eigenvalue weighted by atomic mass is 19.4. The zero-order valence-corrected chi connectivity index (χ0v) is 36.6. The van der Waals surface area contributed by atoms with Gasteiger partial charge in [-0.25, -0.2) is 0 Å². The van der Waals surface area contributed by atoms with Crippen molar-refractivity contribution in [1.29, 1.82) is 0 Å². The van der Waals surface area contributed by atoms with Crippen LogP contribution < -0.4 is 0 Å². The van der Waals surface area contributed by atoms with Crippen LogP contribution in [0.4, 0.5) is 26.3 Å². The molecule has 0 radical (unpaired) electrons. The van der Waals surface area contributed by atoms with Gasteiger partial charge in [-0.3, -0.25) is 9.97 Å². The molecule has 0 amide bonds. The molecule has 2 aromatic heterocycles. The van der Waals surface area contributed by atoms with Crippen LogP contribution in [0.2, 0.25) is 0 Å². The Labute approximate surface area is 326 Å². The van der Waals surface area contributed by atoms with Crippen LogP contribution >= 0.6 is 0 Å². The van der Waals surface area contributed by atoms with Crippen LogP contribution in [0.25, 0.3) is 0 Å². The summed E-state index contributed by atoms with van der Waals surface area (Å²) in [5, 5.41) is 0. The van der Waals surface area contributed by atoms with Gasteiger partial charge < -0.3 is 0 Å². The van der Waals surface area contributed by atoms with E-state index in [-0.39, 0.29) is 24.7 Å². The van der Waals surface area contributed by atoms with Gasteiger partial charge in [0.05, 0.1) is 0 Å². The average molecular weight is 767 g/mol. The maximum atomic E-state index is 10.4. The Kier molecular flexibility index (Phi) is 29.4. The Bertz CT molecular complexity index is 1150. The average Bonchev–Trinajstić information content (AvgIpc) is 3.06. The van der Waals surface area contributed by atoms with Crippen molar-refractivity contribution < 1.29 is 26.3 Å². The van der Waals surface area contributed by atoms with Crippen LogP contribution in [-0.4, -0.2) is 22.3 Å². The molecule has 0 saturated heterocycles. The predicted molar refractivity (Wildman–Crippen MR) is 222 cm³/mol. The molecule has 8 heteroatoms. The molecule has 4 aromatic rings. The van der Waals surface area contributed by atoms with Gasteiger partial charge in [0.1, 0.15) is 0 Å². The van der Waals surface area contributed by atoms with Gasteiger partial charge in [0.2, 0.25) is 0 Å². The molecule has 0 atom stereocenters. The second-order valence-electron chi connectivity index (χ2n) is 15.7. The van der Waals surface area contributed by atoms with Gasteiger partial charge in [0.15, 0.2) is 0 Å². The standard InChI is InChI=1S/2C10H14.2C9H13N.2C2H3F3.2C2H6/c2*1-10(2,3)9-7-5-4-6-8-9;2*1-9(2,3)8-6-4-5-7-10-8;2*1-2(3,4)5;2*1-2/h2*4-8H,1-3H3;2*4-7H,1-3H3;2*1H3;2*1-2H3. The zero-order valence-electron chi connectivity index (χ0n) is 36.6. The largest absolute Gasteiger partial charge is 0.386 e. The van der Waals surface area contributed by atoms with Gasteiger partial charge in [-0.15, -0.1) is 0 Å². The molecule has 0 spiro atoms. The topological polar surface area (TPSA) is 25.8 Å². The highest BCUT2D eigenvalue weighted by Crippen LogP contribution is 2.22. The first-order chi connectivity index (χ1) is 24.4. The molecule has 0 fully saturated rings. The fourth-order valence-electron chi connectivity index (χ4n) is 3.49. The molecule has 0 bridgehead atoms. The Hall–Kier alpha value is -3.68. The number of alkyl halides is 6. The minimum Gasteiger partial charge on any atom is -0.261 e. The van der Waals surface area contributed by atoms with E-state index >= 15 is 0 Å². The van der Waals surface area contributed by atoms with Crippen molar-refractivity contribution in [3.05, 3.63) is 132 Å². The number of aromatic nitrogens is 2. The minimum absolute atomic E-state index is 0.182. The molecule has 0 unspecified atom stereocenters. The SMILES string of the molecule is CC.CC.CC(C)(C)c1ccccc1.CC(C)(C)c1ccccc1.CC(C)(C)c1ccccn1.CC(C)(C)c1ccccn1.CC(F)(F)F.CC(F)(F)F. The highest BCUT2D eigenvalue weighted by Gasteiger charge is 2.17. The lowest BCUT2D eigenvalue weighted by atomic mass is 9.87. The molecule has 0 N–H and O–H groups in total. The Balaban J connectivity index is -0.000000278. The van der Waals surface area contributed by atoms with Crippen LogP contribution in [0, 0.1) is 0 Å². The van der Waals surface area contributed by atoms with Crippen molar-refractivity contribution in [1.82, 2.24) is 9.97 Å². The van der Waals surface area contributed by atoms with Crippen molar-refractivity contribution in [2.45, 2.75) is 159 Å². The Morgan fingerprint density at radius 3 is 0.630 bits per heavy atom. The molecule has 0 aliphatic rings. The molecule has 54 heavy (non-hydrogen) atoms. The quantitative estimate of drug-likeness (QED) is 0.167. The van der Waals surface area contributed by atoms with Crippen LogP contribution in [0.5, 0.6) is 0 Å². The summed E-state index contributed by atoms with van der Waals surface area (Å²) in [6.45, 7) is 34.7. The number of halogens is 6. The molecule has 2 nitrogen and oxygen atoms in total. The highest BCUT2D eigenvalue weighted by molar-refractivity contribution is 5.23. The summed E-state index contributed by atoms with van der Waals surface area (Å²) in [6, 6.07) is 33.1. The summed E-state index contributed by atoms with van der Waals surface area (Å²) in [5.74, 6) is 0. The second kappa shape index (κ2) is 27.8. The number of pyridine rings is 2. The Morgan fingerprint density at radius 1 is 0.315 bits per heavy atom. The van der Waals surface area contributed by atoms with Crippen molar-refractivity contribution in [3.63, 3.8) is 0 Å². The maximum Gasteiger partial charge on any atom is 0.386 e. The lowest BCUT2D eigenvalue weighted by molar-refractivity contribution is -0.111. The van der Waals surface area contributed by atoms with Crippen molar-refractivity contribution >= 4 is 0 Å². The third kappa shape index (κ3) is 39.5. The van der Waals surface area contributed by atoms with E-state index in [1.54, 1.807) is 0 Å². The van der Waals surface area contributed by atoms with Gasteiger partial charge in [-0.1, -0.05) is 184 Å². The van der Waals surface area contributed by atoms with Gasteiger partial charge in [0, 0.05) is 48.5 Å². The van der Waals surface area contributed by atoms with Gasteiger partial charge in [-0.2, -0.15) is 26.3 Å². The first-order valence-corrected chi connectivity index (χ1v) is 18.5. The molecule has 308 valence electrons. The molecular weight excluding hydrogens is 695 g/mol. The van der Waals surface area contributed by atoms with Gasteiger partial charge in [-0.05, 0) is 46.2 Å². The third-order valence-electron chi connectivity index (χ3n) is 6.15. The number of nitrogens with zero attached hydrogens (tertiary/aromatic N) is 2. The van der Waals surface area contributed by atoms with Crippen molar-refractivity contribution in [3.8, 4) is 0 Å². The number of hydrogen-bond acceptors (Lipinski definition) is 2. The summed E-state index contributed by atoms with van der Waals surface area (Å²) < 4.78 is 62.1.